The molecular formula is C23H19F3N4O2S. The van der Waals surface area contributed by atoms with Crippen LogP contribution in [0.1, 0.15) is 64.5 Å². The third kappa shape index (κ3) is 2.45. The zero-order valence-electron chi connectivity index (χ0n) is 17.3. The van der Waals surface area contributed by atoms with Gasteiger partial charge < -0.3 is 0 Å². The zero-order valence-corrected chi connectivity index (χ0v) is 18.1. The molecule has 3 atom stereocenters. The number of alkyl halides is 3. The van der Waals surface area contributed by atoms with Crippen molar-refractivity contribution in [2.24, 2.45) is 5.41 Å². The largest absolute Gasteiger partial charge is 0.433 e. The lowest BCUT2D eigenvalue weighted by Gasteiger charge is -2.57. The summed E-state index contributed by atoms with van der Waals surface area (Å²) < 4.78 is 68.0. The first-order valence-corrected chi connectivity index (χ1v) is 12.4. The molecule has 1 aliphatic heterocycles. The van der Waals surface area contributed by atoms with Crippen molar-refractivity contribution < 1.29 is 21.6 Å². The molecule has 3 heterocycles. The predicted molar refractivity (Wildman–Crippen MR) is 111 cm³/mol. The minimum atomic E-state index is -4.63. The number of nitrogens with zero attached hydrogens (tertiary/aromatic N) is 3. The van der Waals surface area contributed by atoms with Crippen LogP contribution in [0.4, 0.5) is 13.2 Å². The van der Waals surface area contributed by atoms with E-state index in [9.17, 15) is 21.6 Å². The van der Waals surface area contributed by atoms with Crippen molar-refractivity contribution >= 4 is 10.0 Å². The van der Waals surface area contributed by atoms with Crippen LogP contribution < -0.4 is 0 Å². The fourth-order valence-corrected chi connectivity index (χ4v) is 8.24. The second kappa shape index (κ2) is 6.04. The molecule has 170 valence electrons. The van der Waals surface area contributed by atoms with Crippen LogP contribution in [0.25, 0.3) is 0 Å². The van der Waals surface area contributed by atoms with Crippen molar-refractivity contribution in [2.45, 2.75) is 54.8 Å². The molecular weight excluding hydrogens is 453 g/mol. The summed E-state index contributed by atoms with van der Waals surface area (Å²) in [4.78, 5) is 3.17. The molecule has 0 radical (unpaired) electrons. The molecule has 2 fully saturated rings. The second-order valence-electron chi connectivity index (χ2n) is 9.58. The number of rotatable bonds is 3. The maximum atomic E-state index is 13.8. The number of hydrogen-bond donors (Lipinski definition) is 1. The quantitative estimate of drug-likeness (QED) is 0.617. The number of sulfonamides is 1. The molecule has 3 aromatic rings. The average Bonchev–Trinajstić information content (AvgIpc) is 3.40. The van der Waals surface area contributed by atoms with Crippen LogP contribution in [0.2, 0.25) is 0 Å². The van der Waals surface area contributed by atoms with Crippen molar-refractivity contribution in [2.75, 3.05) is 0 Å². The number of aromatic nitrogens is 3. The van der Waals surface area contributed by atoms with Crippen molar-refractivity contribution in [3.8, 4) is 0 Å². The van der Waals surface area contributed by atoms with Gasteiger partial charge in [-0.25, -0.2) is 8.42 Å². The number of pyridine rings is 1. The van der Waals surface area contributed by atoms with Gasteiger partial charge in [0.25, 0.3) is 0 Å². The van der Waals surface area contributed by atoms with Gasteiger partial charge in [0.2, 0.25) is 10.0 Å². The van der Waals surface area contributed by atoms with Crippen LogP contribution in [-0.4, -0.2) is 27.9 Å². The molecule has 2 aromatic heterocycles. The molecule has 4 aliphatic rings. The normalized spacial score (nSPS) is 28.1. The first-order chi connectivity index (χ1) is 15.7. The maximum Gasteiger partial charge on any atom is 0.433 e. The Balaban J connectivity index is 1.37. The summed E-state index contributed by atoms with van der Waals surface area (Å²) in [6, 6.07) is 7.13. The summed E-state index contributed by atoms with van der Waals surface area (Å²) in [7, 11) is -4.10. The van der Waals surface area contributed by atoms with Crippen molar-refractivity contribution in [1.29, 1.82) is 0 Å². The Kier molecular flexibility index (Phi) is 3.61. The first kappa shape index (κ1) is 19.7. The number of halogens is 3. The van der Waals surface area contributed by atoms with E-state index >= 15 is 0 Å². The summed E-state index contributed by atoms with van der Waals surface area (Å²) in [5, 5.41) is 7.22. The SMILES string of the molecule is O=S(=O)(c1ccc(C(F)(F)F)nc1)N1C2c3c[nH]nc3C[C@]23Cc2c(C4CC4)cccc2C13. The molecule has 33 heavy (non-hydrogen) atoms. The monoisotopic (exact) mass is 472 g/mol. The van der Waals surface area contributed by atoms with E-state index in [1.165, 1.54) is 15.4 Å². The van der Waals surface area contributed by atoms with Gasteiger partial charge in [-0.3, -0.25) is 10.1 Å². The van der Waals surface area contributed by atoms with Gasteiger partial charge in [0.05, 0.1) is 17.8 Å². The second-order valence-corrected chi connectivity index (χ2v) is 11.4. The number of aromatic amines is 1. The highest BCUT2D eigenvalue weighted by molar-refractivity contribution is 7.89. The Bertz CT molecular complexity index is 1410. The number of benzene rings is 1. The lowest BCUT2D eigenvalue weighted by Crippen LogP contribution is -2.59. The molecule has 0 bridgehead atoms. The molecule has 1 aromatic carbocycles. The molecule has 3 aliphatic carbocycles. The van der Waals surface area contributed by atoms with Crippen LogP contribution >= 0.6 is 0 Å². The summed E-state index contributed by atoms with van der Waals surface area (Å²) >= 11 is 0. The van der Waals surface area contributed by atoms with Crippen LogP contribution in [0, 0.1) is 5.41 Å². The van der Waals surface area contributed by atoms with Gasteiger partial charge in [-0.15, -0.1) is 0 Å². The van der Waals surface area contributed by atoms with E-state index in [2.05, 4.69) is 21.2 Å². The molecule has 7 rings (SSSR count). The van der Waals surface area contributed by atoms with E-state index in [1.807, 2.05) is 12.1 Å². The number of fused-ring (bicyclic) bond motifs is 4. The van der Waals surface area contributed by atoms with Crippen molar-refractivity contribution in [3.05, 3.63) is 76.4 Å². The van der Waals surface area contributed by atoms with Gasteiger partial charge in [0.15, 0.2) is 0 Å². The predicted octanol–water partition coefficient (Wildman–Crippen LogP) is 4.29. The summed E-state index contributed by atoms with van der Waals surface area (Å²) in [6.45, 7) is 0. The lowest BCUT2D eigenvalue weighted by atomic mass is 9.67. The van der Waals surface area contributed by atoms with Crippen LogP contribution in [-0.2, 0) is 29.0 Å². The van der Waals surface area contributed by atoms with Crippen LogP contribution in [0.15, 0.2) is 47.6 Å². The molecule has 1 spiro atoms. The van der Waals surface area contributed by atoms with Gasteiger partial charge >= 0.3 is 6.18 Å². The van der Waals surface area contributed by atoms with Gasteiger partial charge in [-0.1, -0.05) is 18.2 Å². The van der Waals surface area contributed by atoms with E-state index in [-0.39, 0.29) is 16.4 Å². The first-order valence-electron chi connectivity index (χ1n) is 10.9. The number of H-pyrrole nitrogens is 1. The van der Waals surface area contributed by atoms with E-state index in [0.717, 1.165) is 54.4 Å². The Hall–Kier alpha value is -2.72. The van der Waals surface area contributed by atoms with E-state index < -0.39 is 27.9 Å². The van der Waals surface area contributed by atoms with Gasteiger partial charge in [-0.05, 0) is 54.0 Å². The minimum Gasteiger partial charge on any atom is -0.285 e. The summed E-state index contributed by atoms with van der Waals surface area (Å²) in [5.74, 6) is 0.538. The molecule has 1 saturated heterocycles. The van der Waals surface area contributed by atoms with Gasteiger partial charge in [0, 0.05) is 29.8 Å². The topological polar surface area (TPSA) is 79.0 Å². The fourth-order valence-electron chi connectivity index (χ4n) is 6.37. The Morgan fingerprint density at radius 3 is 2.48 bits per heavy atom. The van der Waals surface area contributed by atoms with Crippen molar-refractivity contribution in [3.63, 3.8) is 0 Å². The van der Waals surface area contributed by atoms with Crippen LogP contribution in [0.3, 0.4) is 0 Å². The molecule has 1 N–H and O–H groups in total. The molecule has 0 amide bonds. The average molecular weight is 472 g/mol. The minimum absolute atomic E-state index is 0.229. The third-order valence-electron chi connectivity index (χ3n) is 7.81. The van der Waals surface area contributed by atoms with E-state index in [4.69, 9.17) is 0 Å². The highest BCUT2D eigenvalue weighted by Crippen LogP contribution is 2.73. The zero-order chi connectivity index (χ0) is 22.8. The van der Waals surface area contributed by atoms with Gasteiger partial charge in [0.1, 0.15) is 10.6 Å². The van der Waals surface area contributed by atoms with Crippen molar-refractivity contribution in [1.82, 2.24) is 19.5 Å². The summed E-state index contributed by atoms with van der Waals surface area (Å²) in [5.41, 5.74) is 3.89. The number of nitrogens with one attached hydrogen (secondary N) is 1. The summed E-state index contributed by atoms with van der Waals surface area (Å²) in [6.07, 6.45) is 1.71. The molecule has 10 heteroatoms. The van der Waals surface area contributed by atoms with Gasteiger partial charge in [-0.2, -0.15) is 22.6 Å². The Labute approximate surface area is 187 Å². The molecule has 1 saturated carbocycles. The number of hydrogen-bond acceptors (Lipinski definition) is 4. The Morgan fingerprint density at radius 2 is 1.79 bits per heavy atom. The smallest absolute Gasteiger partial charge is 0.285 e. The molecule has 6 nitrogen and oxygen atoms in total. The maximum absolute atomic E-state index is 13.8. The Morgan fingerprint density at radius 1 is 1.03 bits per heavy atom. The highest BCUT2D eigenvalue weighted by Gasteiger charge is 2.72. The third-order valence-corrected chi connectivity index (χ3v) is 9.62. The highest BCUT2D eigenvalue weighted by atomic mass is 32.2. The van der Waals surface area contributed by atoms with E-state index in [0.29, 0.717) is 12.3 Å². The standard InChI is InChI=1S/C23H19F3N4O2S/c24-23(25,26)19-7-6-13(10-27-19)33(31,32)30-20-15-3-1-2-14(12-4-5-12)16(15)8-22(20)9-18-17(21(22)30)11-28-29-18/h1-3,6-7,10-12,20-21H,4-5,8-9H2,(H,28,29)/t20?,21?,22-/m0/s1. The molecule has 2 unspecified atom stereocenters. The van der Waals surface area contributed by atoms with Crippen LogP contribution in [0.5, 0.6) is 0 Å². The lowest BCUT2D eigenvalue weighted by molar-refractivity contribution is -0.141. The fraction of sp³-hybridized carbons (Fsp3) is 0.391. The van der Waals surface area contributed by atoms with E-state index in [1.54, 1.807) is 6.20 Å².